The van der Waals surface area contributed by atoms with Crippen molar-refractivity contribution in [3.63, 3.8) is 0 Å². The molecule has 0 radical (unpaired) electrons. The number of hydrogen-bond acceptors (Lipinski definition) is 7. The van der Waals surface area contributed by atoms with Gasteiger partial charge in [0, 0.05) is 5.38 Å². The first-order valence-corrected chi connectivity index (χ1v) is 10.6. The molecule has 9 heteroatoms. The van der Waals surface area contributed by atoms with Crippen LogP contribution >= 0.6 is 11.3 Å². The van der Waals surface area contributed by atoms with E-state index in [2.05, 4.69) is 9.71 Å². The summed E-state index contributed by atoms with van der Waals surface area (Å²) in [5.41, 5.74) is 0.830. The summed E-state index contributed by atoms with van der Waals surface area (Å²) >= 11 is 1.51. The predicted octanol–water partition coefficient (Wildman–Crippen LogP) is 3.13. The highest BCUT2D eigenvalue weighted by molar-refractivity contribution is 7.89. The quantitative estimate of drug-likeness (QED) is 0.577. The topological polar surface area (TPSA) is 98.5 Å². The molecule has 0 bridgehead atoms. The second-order valence-corrected chi connectivity index (χ2v) is 8.30. The molecule has 0 saturated carbocycles. The lowest BCUT2D eigenvalue weighted by molar-refractivity contribution is 0.0468. The van der Waals surface area contributed by atoms with Crippen molar-refractivity contribution >= 4 is 27.3 Å². The Labute approximate surface area is 161 Å². The Balaban J connectivity index is 1.65. The van der Waals surface area contributed by atoms with Gasteiger partial charge in [-0.15, -0.1) is 11.3 Å². The van der Waals surface area contributed by atoms with Crippen LogP contribution in [0.2, 0.25) is 0 Å². The van der Waals surface area contributed by atoms with E-state index in [9.17, 15) is 13.2 Å². The number of benzene rings is 1. The fraction of sp³-hybridized carbons (Fsp3) is 0.222. The third-order valence-electron chi connectivity index (χ3n) is 3.65. The fourth-order valence-corrected chi connectivity index (χ4v) is 4.02. The van der Waals surface area contributed by atoms with Gasteiger partial charge in [-0.3, -0.25) is 0 Å². The van der Waals surface area contributed by atoms with Crippen LogP contribution in [-0.4, -0.2) is 19.4 Å². The Kier molecular flexibility index (Phi) is 6.04. The summed E-state index contributed by atoms with van der Waals surface area (Å²) in [4.78, 5) is 16.5. The Morgan fingerprint density at radius 2 is 2.15 bits per heavy atom. The molecule has 0 unspecified atom stereocenters. The number of thiazole rings is 1. The molecular weight excluding hydrogens is 388 g/mol. The highest BCUT2D eigenvalue weighted by Gasteiger charge is 2.17. The van der Waals surface area contributed by atoms with Crippen molar-refractivity contribution in [2.24, 2.45) is 0 Å². The van der Waals surface area contributed by atoms with E-state index in [0.717, 1.165) is 11.4 Å². The average molecular weight is 406 g/mol. The van der Waals surface area contributed by atoms with Gasteiger partial charge in [0.2, 0.25) is 10.0 Å². The third kappa shape index (κ3) is 5.03. The monoisotopic (exact) mass is 406 g/mol. The maximum atomic E-state index is 12.4. The maximum absolute atomic E-state index is 12.4. The van der Waals surface area contributed by atoms with Gasteiger partial charge in [-0.2, -0.15) is 0 Å². The number of carbonyl (C=O) groups excluding carboxylic acids is 1. The second-order valence-electron chi connectivity index (χ2n) is 5.59. The van der Waals surface area contributed by atoms with Crippen molar-refractivity contribution < 1.29 is 22.4 Å². The van der Waals surface area contributed by atoms with E-state index in [4.69, 9.17) is 9.15 Å². The number of nitrogens with zero attached hydrogens (tertiary/aromatic N) is 1. The molecular formula is C18H18N2O5S2. The van der Waals surface area contributed by atoms with Crippen LogP contribution in [0.15, 0.2) is 57.4 Å². The number of hydrogen-bond donors (Lipinski definition) is 1. The molecule has 0 aliphatic rings. The molecule has 2 heterocycles. The number of sulfonamides is 1. The molecule has 0 aliphatic heterocycles. The standard InChI is InChI=1S/C18H18N2O5S2/c1-2-17-20-14(12-26-17)11-25-18(21)13-5-3-7-16(9-13)27(22,23)19-10-15-6-4-8-24-15/h3-9,12,19H,2,10-11H2,1H3. The minimum Gasteiger partial charge on any atom is -0.468 e. The van der Waals surface area contributed by atoms with Gasteiger partial charge in [0.1, 0.15) is 12.4 Å². The maximum Gasteiger partial charge on any atom is 0.338 e. The summed E-state index contributed by atoms with van der Waals surface area (Å²) in [6.45, 7) is 2.07. The molecule has 3 rings (SSSR count). The highest BCUT2D eigenvalue weighted by atomic mass is 32.2. The lowest BCUT2D eigenvalue weighted by Gasteiger charge is -2.08. The summed E-state index contributed by atoms with van der Waals surface area (Å²) < 4.78 is 37.6. The lowest BCUT2D eigenvalue weighted by Crippen LogP contribution is -2.23. The molecule has 0 spiro atoms. The SMILES string of the molecule is CCc1nc(COC(=O)c2cccc(S(=O)(=O)NCc3ccco3)c2)cs1. The summed E-state index contributed by atoms with van der Waals surface area (Å²) in [5.74, 6) is -0.118. The molecule has 0 aliphatic carbocycles. The highest BCUT2D eigenvalue weighted by Crippen LogP contribution is 2.15. The Hall–Kier alpha value is -2.49. The van der Waals surface area contributed by atoms with E-state index < -0.39 is 16.0 Å². The van der Waals surface area contributed by atoms with Crippen molar-refractivity contribution in [3.8, 4) is 0 Å². The van der Waals surface area contributed by atoms with Crippen molar-refractivity contribution in [2.45, 2.75) is 31.4 Å². The van der Waals surface area contributed by atoms with E-state index in [0.29, 0.717) is 11.5 Å². The molecule has 0 amide bonds. The molecule has 7 nitrogen and oxygen atoms in total. The molecule has 27 heavy (non-hydrogen) atoms. The molecule has 0 saturated heterocycles. The van der Waals surface area contributed by atoms with E-state index >= 15 is 0 Å². The molecule has 142 valence electrons. The summed E-state index contributed by atoms with van der Waals surface area (Å²) in [6, 6.07) is 9.04. The summed E-state index contributed by atoms with van der Waals surface area (Å²) in [5, 5.41) is 2.81. The van der Waals surface area contributed by atoms with E-state index in [1.54, 1.807) is 12.1 Å². The van der Waals surface area contributed by atoms with Crippen LogP contribution in [0.1, 0.15) is 33.7 Å². The van der Waals surface area contributed by atoms with Gasteiger partial charge >= 0.3 is 5.97 Å². The zero-order valence-electron chi connectivity index (χ0n) is 14.5. The molecule has 1 N–H and O–H groups in total. The largest absolute Gasteiger partial charge is 0.468 e. The van der Waals surface area contributed by atoms with Crippen LogP contribution in [0.5, 0.6) is 0 Å². The fourth-order valence-electron chi connectivity index (χ4n) is 2.25. The summed E-state index contributed by atoms with van der Waals surface area (Å²) in [7, 11) is -3.79. The minimum atomic E-state index is -3.79. The number of nitrogens with one attached hydrogen (secondary N) is 1. The van der Waals surface area contributed by atoms with Crippen molar-refractivity contribution in [1.29, 1.82) is 0 Å². The first-order chi connectivity index (χ1) is 13.0. The molecule has 1 aromatic carbocycles. The molecule has 3 aromatic rings. The minimum absolute atomic E-state index is 0.0214. The van der Waals surface area contributed by atoms with E-state index in [-0.39, 0.29) is 23.6 Å². The van der Waals surface area contributed by atoms with Crippen LogP contribution < -0.4 is 4.72 Å². The molecule has 0 atom stereocenters. The van der Waals surface area contributed by atoms with Crippen LogP contribution in [0.25, 0.3) is 0 Å². The van der Waals surface area contributed by atoms with Gasteiger partial charge in [-0.05, 0) is 36.8 Å². The predicted molar refractivity (Wildman–Crippen MR) is 99.8 cm³/mol. The average Bonchev–Trinajstić information content (AvgIpc) is 3.36. The molecule has 0 fully saturated rings. The Bertz CT molecular complexity index is 1010. The van der Waals surface area contributed by atoms with Gasteiger partial charge in [-0.25, -0.2) is 22.9 Å². The third-order valence-corrected chi connectivity index (χ3v) is 6.09. The second kappa shape index (κ2) is 8.47. The number of furan rings is 1. The van der Waals surface area contributed by atoms with Crippen LogP contribution in [0, 0.1) is 0 Å². The zero-order chi connectivity index (χ0) is 19.3. The van der Waals surface area contributed by atoms with Gasteiger partial charge in [-0.1, -0.05) is 13.0 Å². The van der Waals surface area contributed by atoms with Crippen molar-refractivity contribution in [2.75, 3.05) is 0 Å². The number of carbonyl (C=O) groups is 1. The van der Waals surface area contributed by atoms with Gasteiger partial charge in [0.15, 0.2) is 0 Å². The van der Waals surface area contributed by atoms with Crippen molar-refractivity contribution in [1.82, 2.24) is 9.71 Å². The number of esters is 1. The zero-order valence-corrected chi connectivity index (χ0v) is 16.2. The number of ether oxygens (including phenoxy) is 1. The lowest BCUT2D eigenvalue weighted by atomic mass is 10.2. The van der Waals surface area contributed by atoms with Crippen LogP contribution in [0.3, 0.4) is 0 Å². The van der Waals surface area contributed by atoms with E-state index in [1.807, 2.05) is 12.3 Å². The first-order valence-electron chi connectivity index (χ1n) is 8.20. The van der Waals surface area contributed by atoms with E-state index in [1.165, 1.54) is 41.9 Å². The Morgan fingerprint density at radius 3 is 2.85 bits per heavy atom. The summed E-state index contributed by atoms with van der Waals surface area (Å²) in [6.07, 6.45) is 2.29. The van der Waals surface area contributed by atoms with Crippen LogP contribution in [0.4, 0.5) is 0 Å². The first kappa shape index (κ1) is 19.3. The normalized spacial score (nSPS) is 11.4. The number of aryl methyl sites for hydroxylation is 1. The smallest absolute Gasteiger partial charge is 0.338 e. The number of aromatic nitrogens is 1. The van der Waals surface area contributed by atoms with Gasteiger partial charge in [0.05, 0.1) is 34.0 Å². The van der Waals surface area contributed by atoms with Gasteiger partial charge in [0.25, 0.3) is 0 Å². The van der Waals surface area contributed by atoms with Gasteiger partial charge < -0.3 is 9.15 Å². The molecule has 2 aromatic heterocycles. The Morgan fingerprint density at radius 1 is 1.30 bits per heavy atom. The van der Waals surface area contributed by atoms with Crippen LogP contribution in [-0.2, 0) is 34.3 Å². The number of rotatable bonds is 8. The van der Waals surface area contributed by atoms with Crippen molar-refractivity contribution in [3.05, 3.63) is 70.1 Å².